The third-order valence-corrected chi connectivity index (χ3v) is 3.58. The van der Waals surface area contributed by atoms with Crippen LogP contribution in [0.1, 0.15) is 25.3 Å². The zero-order valence-corrected chi connectivity index (χ0v) is 14.7. The first kappa shape index (κ1) is 21.0. The lowest BCUT2D eigenvalue weighted by Gasteiger charge is -2.21. The van der Waals surface area contributed by atoms with E-state index in [9.17, 15) is 22.8 Å². The van der Waals surface area contributed by atoms with E-state index in [0.29, 0.717) is 12.2 Å². The van der Waals surface area contributed by atoms with Crippen molar-refractivity contribution in [1.29, 1.82) is 0 Å². The van der Waals surface area contributed by atoms with E-state index in [2.05, 4.69) is 5.32 Å². The normalized spacial score (nSPS) is 11.5. The molecular formula is C17H24F3N3O2. The minimum absolute atomic E-state index is 0.0859. The van der Waals surface area contributed by atoms with Gasteiger partial charge in [0.25, 0.3) is 0 Å². The molecule has 1 N–H and O–H groups in total. The number of nitrogens with zero attached hydrogens (tertiary/aromatic N) is 2. The predicted octanol–water partition coefficient (Wildman–Crippen LogP) is 2.83. The van der Waals surface area contributed by atoms with Crippen LogP contribution in [0.25, 0.3) is 0 Å². The number of halogens is 3. The molecule has 0 unspecified atom stereocenters. The van der Waals surface area contributed by atoms with Gasteiger partial charge in [-0.15, -0.1) is 0 Å². The van der Waals surface area contributed by atoms with Gasteiger partial charge in [0.1, 0.15) is 0 Å². The maximum absolute atomic E-state index is 12.5. The van der Waals surface area contributed by atoms with Crippen molar-refractivity contribution >= 4 is 17.5 Å². The van der Waals surface area contributed by atoms with Crippen LogP contribution in [0.5, 0.6) is 0 Å². The van der Waals surface area contributed by atoms with Crippen LogP contribution in [-0.4, -0.2) is 55.3 Å². The Labute approximate surface area is 145 Å². The van der Waals surface area contributed by atoms with E-state index < -0.39 is 11.7 Å². The van der Waals surface area contributed by atoms with Crippen LogP contribution < -0.4 is 5.32 Å². The van der Waals surface area contributed by atoms with Gasteiger partial charge in [0.05, 0.1) is 5.56 Å². The Bertz CT molecular complexity index is 571. The number of anilines is 1. The fourth-order valence-electron chi connectivity index (χ4n) is 2.21. The highest BCUT2D eigenvalue weighted by atomic mass is 19.4. The molecule has 5 nitrogen and oxygen atoms in total. The largest absolute Gasteiger partial charge is 0.416 e. The second-order valence-electron chi connectivity index (χ2n) is 6.04. The molecule has 0 fully saturated rings. The Morgan fingerprint density at radius 2 is 1.64 bits per heavy atom. The van der Waals surface area contributed by atoms with Gasteiger partial charge in [-0.1, -0.05) is 0 Å². The van der Waals surface area contributed by atoms with Crippen molar-refractivity contribution in [2.45, 2.75) is 25.9 Å². The van der Waals surface area contributed by atoms with Gasteiger partial charge >= 0.3 is 6.18 Å². The number of carbonyl (C=O) groups is 2. The maximum Gasteiger partial charge on any atom is 0.416 e. The third-order valence-electron chi connectivity index (χ3n) is 3.58. The summed E-state index contributed by atoms with van der Waals surface area (Å²) in [6, 6.07) is 4.25. The van der Waals surface area contributed by atoms with Gasteiger partial charge in [-0.2, -0.15) is 13.2 Å². The van der Waals surface area contributed by atoms with Gasteiger partial charge in [-0.25, -0.2) is 0 Å². The standard InChI is InChI=1S/C17H24F3N3O2/c1-13(24)23(11-4-10-22(2)3)12-9-16(25)21-15-7-5-14(6-8-15)17(18,19)20/h5-8H,4,9-12H2,1-3H3,(H,21,25). The fraction of sp³-hybridized carbons (Fsp3) is 0.529. The maximum atomic E-state index is 12.5. The number of hydrogen-bond acceptors (Lipinski definition) is 3. The number of rotatable bonds is 8. The van der Waals surface area contributed by atoms with Crippen molar-refractivity contribution < 1.29 is 22.8 Å². The van der Waals surface area contributed by atoms with Crippen LogP contribution in [-0.2, 0) is 15.8 Å². The summed E-state index contributed by atoms with van der Waals surface area (Å²) >= 11 is 0. The summed E-state index contributed by atoms with van der Waals surface area (Å²) in [6.07, 6.45) is -3.52. The van der Waals surface area contributed by atoms with Gasteiger partial charge in [0.15, 0.2) is 0 Å². The van der Waals surface area contributed by atoms with E-state index in [1.807, 2.05) is 19.0 Å². The van der Waals surface area contributed by atoms with Crippen LogP contribution in [0.2, 0.25) is 0 Å². The summed E-state index contributed by atoms with van der Waals surface area (Å²) in [7, 11) is 3.88. The van der Waals surface area contributed by atoms with Gasteiger partial charge < -0.3 is 15.1 Å². The minimum atomic E-state index is -4.41. The molecule has 0 atom stereocenters. The average molecular weight is 359 g/mol. The summed E-state index contributed by atoms with van der Waals surface area (Å²) in [5.74, 6) is -0.459. The third kappa shape index (κ3) is 8.02. The average Bonchev–Trinajstić information content (AvgIpc) is 2.49. The molecule has 8 heteroatoms. The number of nitrogens with one attached hydrogen (secondary N) is 1. The van der Waals surface area contributed by atoms with Crippen LogP contribution in [0, 0.1) is 0 Å². The highest BCUT2D eigenvalue weighted by molar-refractivity contribution is 5.91. The molecule has 0 heterocycles. The number of alkyl halides is 3. The van der Waals surface area contributed by atoms with E-state index in [0.717, 1.165) is 25.1 Å². The summed E-state index contributed by atoms with van der Waals surface area (Å²) < 4.78 is 37.5. The lowest BCUT2D eigenvalue weighted by atomic mass is 10.2. The summed E-state index contributed by atoms with van der Waals surface area (Å²) in [4.78, 5) is 27.1. The Kier molecular flexibility index (Phi) is 7.89. The minimum Gasteiger partial charge on any atom is -0.342 e. The second kappa shape index (κ2) is 9.41. The van der Waals surface area contributed by atoms with Crippen molar-refractivity contribution in [1.82, 2.24) is 9.80 Å². The molecule has 0 aliphatic rings. The SMILES string of the molecule is CC(=O)N(CCCN(C)C)CCC(=O)Nc1ccc(C(F)(F)F)cc1. The zero-order valence-electron chi connectivity index (χ0n) is 14.7. The van der Waals surface area contributed by atoms with E-state index >= 15 is 0 Å². The number of amides is 2. The molecule has 0 aliphatic carbocycles. The van der Waals surface area contributed by atoms with E-state index in [-0.39, 0.29) is 24.8 Å². The quantitative estimate of drug-likeness (QED) is 0.777. The van der Waals surface area contributed by atoms with Crippen molar-refractivity contribution in [3.05, 3.63) is 29.8 Å². The van der Waals surface area contributed by atoms with Crippen LogP contribution in [0.3, 0.4) is 0 Å². The molecule has 0 saturated carbocycles. The summed E-state index contributed by atoms with van der Waals surface area (Å²) in [5.41, 5.74) is -0.478. The zero-order chi connectivity index (χ0) is 19.0. The topological polar surface area (TPSA) is 52.7 Å². The summed E-state index contributed by atoms with van der Waals surface area (Å²) in [6.45, 7) is 3.11. The number of hydrogen-bond donors (Lipinski definition) is 1. The molecule has 0 bridgehead atoms. The van der Waals surface area contributed by atoms with Gasteiger partial charge in [0, 0.05) is 32.1 Å². The van der Waals surface area contributed by atoms with Crippen molar-refractivity contribution in [3.63, 3.8) is 0 Å². The first-order valence-electron chi connectivity index (χ1n) is 7.97. The highest BCUT2D eigenvalue weighted by Gasteiger charge is 2.29. The van der Waals surface area contributed by atoms with E-state index in [1.54, 1.807) is 4.90 Å². The molecule has 0 radical (unpaired) electrons. The van der Waals surface area contributed by atoms with Crippen LogP contribution in [0.4, 0.5) is 18.9 Å². The highest BCUT2D eigenvalue weighted by Crippen LogP contribution is 2.29. The lowest BCUT2D eigenvalue weighted by Crippen LogP contribution is -2.34. The van der Waals surface area contributed by atoms with Gasteiger partial charge in [-0.3, -0.25) is 9.59 Å². The van der Waals surface area contributed by atoms with Crippen LogP contribution in [0.15, 0.2) is 24.3 Å². The molecule has 0 saturated heterocycles. The van der Waals surface area contributed by atoms with E-state index in [4.69, 9.17) is 0 Å². The van der Waals surface area contributed by atoms with Gasteiger partial charge in [0.2, 0.25) is 11.8 Å². The molecule has 1 aromatic rings. The van der Waals surface area contributed by atoms with Crippen molar-refractivity contribution in [2.24, 2.45) is 0 Å². The Morgan fingerprint density at radius 3 is 2.12 bits per heavy atom. The van der Waals surface area contributed by atoms with Gasteiger partial charge in [-0.05, 0) is 51.3 Å². The summed E-state index contributed by atoms with van der Waals surface area (Å²) in [5, 5.41) is 2.54. The lowest BCUT2D eigenvalue weighted by molar-refractivity contribution is -0.137. The first-order chi connectivity index (χ1) is 11.6. The molecule has 0 spiro atoms. The predicted molar refractivity (Wildman–Crippen MR) is 90.1 cm³/mol. The Hall–Kier alpha value is -2.09. The Balaban J connectivity index is 2.48. The monoisotopic (exact) mass is 359 g/mol. The fourth-order valence-corrected chi connectivity index (χ4v) is 2.21. The molecular weight excluding hydrogens is 335 g/mol. The number of carbonyl (C=O) groups excluding carboxylic acids is 2. The molecule has 25 heavy (non-hydrogen) atoms. The van der Waals surface area contributed by atoms with Crippen LogP contribution >= 0.6 is 0 Å². The smallest absolute Gasteiger partial charge is 0.342 e. The molecule has 0 aliphatic heterocycles. The number of benzene rings is 1. The molecule has 140 valence electrons. The molecule has 2 amide bonds. The second-order valence-corrected chi connectivity index (χ2v) is 6.04. The molecule has 1 rings (SSSR count). The Morgan fingerprint density at radius 1 is 1.04 bits per heavy atom. The van der Waals surface area contributed by atoms with E-state index in [1.165, 1.54) is 19.1 Å². The van der Waals surface area contributed by atoms with Crippen molar-refractivity contribution in [2.75, 3.05) is 39.0 Å². The van der Waals surface area contributed by atoms with Crippen molar-refractivity contribution in [3.8, 4) is 0 Å². The molecule has 1 aromatic carbocycles. The first-order valence-corrected chi connectivity index (χ1v) is 7.97. The molecule has 0 aromatic heterocycles.